The van der Waals surface area contributed by atoms with Gasteiger partial charge in [-0.25, -0.2) is 0 Å². The minimum atomic E-state index is -0.969. The van der Waals surface area contributed by atoms with Gasteiger partial charge in [-0.1, -0.05) is 13.3 Å². The first-order valence-electron chi connectivity index (χ1n) is 2.47. The van der Waals surface area contributed by atoms with Crippen molar-refractivity contribution in [2.45, 2.75) is 19.8 Å². The SMILES string of the molecule is CCCCO[PH2]=O.[CaH2]. The van der Waals surface area contributed by atoms with Gasteiger partial charge in [-0.15, -0.1) is 0 Å². The molecule has 0 heterocycles. The van der Waals surface area contributed by atoms with Crippen LogP contribution >= 0.6 is 8.69 Å². The topological polar surface area (TPSA) is 26.3 Å². The van der Waals surface area contributed by atoms with Crippen molar-refractivity contribution in [3.8, 4) is 0 Å². The van der Waals surface area contributed by atoms with Crippen molar-refractivity contribution in [1.29, 1.82) is 0 Å². The number of hydrogen-bond donors (Lipinski definition) is 0. The van der Waals surface area contributed by atoms with Crippen LogP contribution in [0, 0.1) is 0 Å². The van der Waals surface area contributed by atoms with Crippen LogP contribution in [0.25, 0.3) is 0 Å². The molecule has 0 saturated heterocycles. The molecule has 0 saturated carbocycles. The van der Waals surface area contributed by atoms with Gasteiger partial charge in [0, 0.05) is 0 Å². The average Bonchev–Trinajstić information content (AvgIpc) is 1.69. The Bertz CT molecular complexity index is 51.3. The van der Waals surface area contributed by atoms with Gasteiger partial charge >= 0.3 is 37.7 Å². The Kier molecular flexibility index (Phi) is 17.1. The first kappa shape index (κ1) is 12.2. The summed E-state index contributed by atoms with van der Waals surface area (Å²) in [6.07, 6.45) is 2.13. The molecule has 0 aromatic carbocycles. The van der Waals surface area contributed by atoms with E-state index in [1.165, 1.54) is 0 Å². The Hall–Kier alpha value is 1.45. The monoisotopic (exact) mass is 164 g/mol. The van der Waals surface area contributed by atoms with E-state index < -0.39 is 8.69 Å². The fraction of sp³-hybridized carbons (Fsp3) is 1.00. The summed E-state index contributed by atoms with van der Waals surface area (Å²) in [7, 11) is -0.969. The van der Waals surface area contributed by atoms with Crippen LogP contribution in [0.4, 0.5) is 0 Å². The Labute approximate surface area is 81.3 Å². The second-order valence-electron chi connectivity index (χ2n) is 1.32. The van der Waals surface area contributed by atoms with E-state index in [1.54, 1.807) is 0 Å². The normalized spacial score (nSPS) is 9.62. The second kappa shape index (κ2) is 11.3. The Morgan fingerprint density at radius 1 is 1.62 bits per heavy atom. The number of unbranched alkanes of at least 4 members (excludes halogenated alkanes) is 1. The van der Waals surface area contributed by atoms with Crippen molar-refractivity contribution in [3.63, 3.8) is 0 Å². The molecule has 8 heavy (non-hydrogen) atoms. The first-order valence-corrected chi connectivity index (χ1v) is 3.41. The van der Waals surface area contributed by atoms with Crippen molar-refractivity contribution < 1.29 is 9.09 Å². The van der Waals surface area contributed by atoms with Crippen molar-refractivity contribution >= 4 is 46.4 Å². The van der Waals surface area contributed by atoms with E-state index in [0.717, 1.165) is 12.8 Å². The summed E-state index contributed by atoms with van der Waals surface area (Å²) in [5.74, 6) is 0. The predicted octanol–water partition coefficient (Wildman–Crippen LogP) is 0.558. The Morgan fingerprint density at radius 2 is 2.25 bits per heavy atom. The summed E-state index contributed by atoms with van der Waals surface area (Å²) >= 11 is 0. The molecule has 1 atom stereocenters. The van der Waals surface area contributed by atoms with E-state index in [4.69, 9.17) is 0 Å². The maximum absolute atomic E-state index is 9.67. The summed E-state index contributed by atoms with van der Waals surface area (Å²) in [5.41, 5.74) is 0. The number of hydrogen-bond acceptors (Lipinski definition) is 2. The van der Waals surface area contributed by atoms with Crippen molar-refractivity contribution in [2.75, 3.05) is 6.61 Å². The van der Waals surface area contributed by atoms with Crippen LogP contribution in [-0.4, -0.2) is 44.3 Å². The summed E-state index contributed by atoms with van der Waals surface area (Å²) in [4.78, 5) is 0. The molecular formula is C4H13CaO2P. The fourth-order valence-electron chi connectivity index (χ4n) is 0.276. The van der Waals surface area contributed by atoms with Crippen LogP contribution in [-0.2, 0) is 9.09 Å². The molecule has 0 aromatic heterocycles. The minimum absolute atomic E-state index is 0. The van der Waals surface area contributed by atoms with Crippen LogP contribution in [0.1, 0.15) is 19.8 Å². The standard InChI is InChI=1S/C4H11O2P.Ca.2H/c1-2-3-4-6-7-5;;;/h2-4,7H2,1H3;;;. The molecule has 0 bridgehead atoms. The number of rotatable bonds is 4. The second-order valence-corrected chi connectivity index (χ2v) is 1.85. The van der Waals surface area contributed by atoms with E-state index in [1.807, 2.05) is 0 Å². The molecule has 0 radical (unpaired) electrons. The van der Waals surface area contributed by atoms with Gasteiger partial charge < -0.3 is 4.52 Å². The van der Waals surface area contributed by atoms with Gasteiger partial charge in [-0.05, 0) is 6.42 Å². The molecule has 0 rings (SSSR count). The third kappa shape index (κ3) is 10.4. The molecule has 0 spiro atoms. The molecule has 2 nitrogen and oxygen atoms in total. The molecule has 0 aromatic rings. The van der Waals surface area contributed by atoms with Crippen LogP contribution < -0.4 is 0 Å². The van der Waals surface area contributed by atoms with Gasteiger partial charge in [0.15, 0.2) is 8.69 Å². The molecule has 0 aliphatic heterocycles. The van der Waals surface area contributed by atoms with E-state index >= 15 is 0 Å². The molecular weight excluding hydrogens is 151 g/mol. The third-order valence-electron chi connectivity index (χ3n) is 0.684. The molecule has 0 aliphatic rings. The zero-order valence-corrected chi connectivity index (χ0v) is 5.67. The zero-order chi connectivity index (χ0) is 5.54. The summed E-state index contributed by atoms with van der Waals surface area (Å²) in [6, 6.07) is 0. The summed E-state index contributed by atoms with van der Waals surface area (Å²) < 4.78 is 14.3. The van der Waals surface area contributed by atoms with E-state index in [2.05, 4.69) is 11.4 Å². The van der Waals surface area contributed by atoms with Gasteiger partial charge in [0.2, 0.25) is 0 Å². The van der Waals surface area contributed by atoms with Crippen LogP contribution in [0.3, 0.4) is 0 Å². The molecule has 0 fully saturated rings. The summed E-state index contributed by atoms with van der Waals surface area (Å²) in [5, 5.41) is 0. The van der Waals surface area contributed by atoms with Crippen molar-refractivity contribution in [2.24, 2.45) is 0 Å². The molecule has 1 unspecified atom stereocenters. The quantitative estimate of drug-likeness (QED) is 0.345. The van der Waals surface area contributed by atoms with E-state index in [-0.39, 0.29) is 37.7 Å². The molecule has 0 N–H and O–H groups in total. The summed E-state index contributed by atoms with van der Waals surface area (Å²) in [6.45, 7) is 2.73. The van der Waals surface area contributed by atoms with Crippen molar-refractivity contribution in [3.05, 3.63) is 0 Å². The predicted molar refractivity (Wildman–Crippen MR) is 39.8 cm³/mol. The van der Waals surface area contributed by atoms with Crippen LogP contribution in [0.5, 0.6) is 0 Å². The van der Waals surface area contributed by atoms with Gasteiger partial charge in [0.1, 0.15) is 0 Å². The van der Waals surface area contributed by atoms with Crippen LogP contribution in [0.2, 0.25) is 0 Å². The van der Waals surface area contributed by atoms with Gasteiger partial charge in [-0.2, -0.15) is 0 Å². The molecule has 48 valence electrons. The average molecular weight is 164 g/mol. The fourth-order valence-corrected chi connectivity index (χ4v) is 0.539. The van der Waals surface area contributed by atoms with Gasteiger partial charge in [0.25, 0.3) is 0 Å². The molecule has 0 amide bonds. The Balaban J connectivity index is 0. The zero-order valence-electron chi connectivity index (χ0n) is 4.52. The van der Waals surface area contributed by atoms with Crippen molar-refractivity contribution in [1.82, 2.24) is 0 Å². The Morgan fingerprint density at radius 3 is 2.62 bits per heavy atom. The molecule has 0 aliphatic carbocycles. The van der Waals surface area contributed by atoms with E-state index in [9.17, 15) is 4.57 Å². The first-order chi connectivity index (χ1) is 3.41. The van der Waals surface area contributed by atoms with Gasteiger partial charge in [0.05, 0.1) is 6.61 Å². The van der Waals surface area contributed by atoms with E-state index in [0.29, 0.717) is 6.61 Å². The van der Waals surface area contributed by atoms with Gasteiger partial charge in [-0.3, -0.25) is 4.57 Å². The molecule has 4 heteroatoms. The third-order valence-corrected chi connectivity index (χ3v) is 1.06. The maximum atomic E-state index is 9.67. The van der Waals surface area contributed by atoms with Crippen LogP contribution in [0.15, 0.2) is 0 Å².